The number of fused-ring (bicyclic) bond motifs is 1. The SMILES string of the molecule is CC(=O)[C@H]1[C@@H](c2ccc(N(C)C)cc2)c2c(n[nH]c2C)C[C@]1(C)O. The molecule has 0 amide bonds. The summed E-state index contributed by atoms with van der Waals surface area (Å²) in [7, 11) is 3.99. The van der Waals surface area contributed by atoms with Gasteiger partial charge in [0.05, 0.1) is 17.2 Å². The van der Waals surface area contributed by atoms with Crippen molar-refractivity contribution in [2.45, 2.75) is 38.7 Å². The minimum Gasteiger partial charge on any atom is -0.389 e. The van der Waals surface area contributed by atoms with Crippen LogP contribution in [-0.4, -0.2) is 40.8 Å². The van der Waals surface area contributed by atoms with E-state index < -0.39 is 11.5 Å². The maximum absolute atomic E-state index is 12.4. The number of hydrogen-bond donors (Lipinski definition) is 2. The van der Waals surface area contributed by atoms with E-state index in [-0.39, 0.29) is 11.7 Å². The maximum atomic E-state index is 12.4. The molecule has 1 heterocycles. The number of aromatic amines is 1. The number of rotatable bonds is 3. The van der Waals surface area contributed by atoms with Crippen LogP contribution in [0.15, 0.2) is 24.3 Å². The van der Waals surface area contributed by atoms with Gasteiger partial charge in [-0.2, -0.15) is 5.10 Å². The summed E-state index contributed by atoms with van der Waals surface area (Å²) >= 11 is 0. The molecular formula is C19H25N3O2. The summed E-state index contributed by atoms with van der Waals surface area (Å²) in [6, 6.07) is 8.19. The second-order valence-corrected chi connectivity index (χ2v) is 7.29. The second-order valence-electron chi connectivity index (χ2n) is 7.29. The average Bonchev–Trinajstić information content (AvgIpc) is 2.85. The third-order valence-corrected chi connectivity index (χ3v) is 5.12. The number of hydrogen-bond acceptors (Lipinski definition) is 4. The summed E-state index contributed by atoms with van der Waals surface area (Å²) in [5.41, 5.74) is 3.91. The molecule has 0 saturated heterocycles. The Morgan fingerprint density at radius 2 is 1.96 bits per heavy atom. The van der Waals surface area contributed by atoms with Gasteiger partial charge in [0.1, 0.15) is 5.78 Å². The number of nitrogens with zero attached hydrogens (tertiary/aromatic N) is 2. The predicted molar refractivity (Wildman–Crippen MR) is 94.4 cm³/mol. The first-order valence-electron chi connectivity index (χ1n) is 8.26. The Balaban J connectivity index is 2.17. The lowest BCUT2D eigenvalue weighted by atomic mass is 9.64. The zero-order valence-electron chi connectivity index (χ0n) is 14.9. The molecule has 2 N–H and O–H groups in total. The third kappa shape index (κ3) is 2.63. The number of carbonyl (C=O) groups is 1. The van der Waals surface area contributed by atoms with Gasteiger partial charge in [-0.15, -0.1) is 0 Å². The quantitative estimate of drug-likeness (QED) is 0.908. The number of carbonyl (C=O) groups excluding carboxylic acids is 1. The molecule has 3 atom stereocenters. The van der Waals surface area contributed by atoms with E-state index >= 15 is 0 Å². The van der Waals surface area contributed by atoms with E-state index in [0.717, 1.165) is 28.2 Å². The zero-order valence-corrected chi connectivity index (χ0v) is 14.9. The van der Waals surface area contributed by atoms with E-state index in [4.69, 9.17) is 0 Å². The molecule has 3 rings (SSSR count). The van der Waals surface area contributed by atoms with E-state index in [1.807, 2.05) is 50.2 Å². The number of aromatic nitrogens is 2. The normalized spacial score (nSPS) is 26.1. The molecule has 1 aliphatic rings. The van der Waals surface area contributed by atoms with Crippen LogP contribution in [0.5, 0.6) is 0 Å². The summed E-state index contributed by atoms with van der Waals surface area (Å²) in [5.74, 6) is -0.657. The van der Waals surface area contributed by atoms with E-state index in [2.05, 4.69) is 10.2 Å². The van der Waals surface area contributed by atoms with Crippen molar-refractivity contribution in [2.75, 3.05) is 19.0 Å². The summed E-state index contributed by atoms with van der Waals surface area (Å²) in [4.78, 5) is 14.5. The van der Waals surface area contributed by atoms with E-state index in [9.17, 15) is 9.90 Å². The van der Waals surface area contributed by atoms with Crippen LogP contribution in [0.3, 0.4) is 0 Å². The zero-order chi connectivity index (χ0) is 17.6. The molecule has 128 valence electrons. The van der Waals surface area contributed by atoms with Crippen LogP contribution in [-0.2, 0) is 11.2 Å². The fourth-order valence-electron chi connectivity index (χ4n) is 4.02. The fraction of sp³-hybridized carbons (Fsp3) is 0.474. The first kappa shape index (κ1) is 16.7. The largest absolute Gasteiger partial charge is 0.389 e. The van der Waals surface area contributed by atoms with Crippen molar-refractivity contribution in [3.05, 3.63) is 46.8 Å². The van der Waals surface area contributed by atoms with Crippen molar-refractivity contribution in [2.24, 2.45) is 5.92 Å². The molecule has 1 aromatic carbocycles. The Bertz CT molecular complexity index is 759. The minimum atomic E-state index is -1.11. The van der Waals surface area contributed by atoms with Gasteiger partial charge in [-0.3, -0.25) is 9.89 Å². The van der Waals surface area contributed by atoms with Gasteiger partial charge in [0, 0.05) is 43.4 Å². The van der Waals surface area contributed by atoms with Gasteiger partial charge in [-0.1, -0.05) is 12.1 Å². The molecule has 1 aliphatic carbocycles. The highest BCUT2D eigenvalue weighted by Crippen LogP contribution is 2.46. The lowest BCUT2D eigenvalue weighted by Crippen LogP contribution is -2.48. The van der Waals surface area contributed by atoms with Gasteiger partial charge in [0.15, 0.2) is 0 Å². The second kappa shape index (κ2) is 5.74. The summed E-state index contributed by atoms with van der Waals surface area (Å²) in [5, 5.41) is 18.3. The Morgan fingerprint density at radius 1 is 1.33 bits per heavy atom. The van der Waals surface area contributed by atoms with Crippen LogP contribution in [0.1, 0.15) is 42.3 Å². The monoisotopic (exact) mass is 327 g/mol. The number of aliphatic hydroxyl groups is 1. The minimum absolute atomic E-state index is 0.00735. The summed E-state index contributed by atoms with van der Waals surface area (Å²) < 4.78 is 0. The molecule has 0 bridgehead atoms. The van der Waals surface area contributed by atoms with Crippen molar-refractivity contribution in [1.29, 1.82) is 0 Å². The highest BCUT2D eigenvalue weighted by molar-refractivity contribution is 5.82. The van der Waals surface area contributed by atoms with E-state index in [0.29, 0.717) is 6.42 Å². The highest BCUT2D eigenvalue weighted by atomic mass is 16.3. The molecule has 0 aliphatic heterocycles. The van der Waals surface area contributed by atoms with Crippen LogP contribution in [0.4, 0.5) is 5.69 Å². The standard InChI is InChI=1S/C19H25N3O2/c1-11-16-15(21-20-11)10-19(3,24)18(12(2)23)17(16)13-6-8-14(9-7-13)22(4)5/h6-9,17-18,24H,10H2,1-5H3,(H,20,21)/t17-,18-,19-/m0/s1. The summed E-state index contributed by atoms with van der Waals surface area (Å²) in [6.45, 7) is 5.29. The molecule has 1 aromatic heterocycles. The van der Waals surface area contributed by atoms with Crippen LogP contribution >= 0.6 is 0 Å². The number of Topliss-reactive ketones (excluding diaryl/α,β-unsaturated/α-hetero) is 1. The Hall–Kier alpha value is -2.14. The molecule has 2 aromatic rings. The van der Waals surface area contributed by atoms with Crippen molar-refractivity contribution in [3.63, 3.8) is 0 Å². The van der Waals surface area contributed by atoms with Crippen molar-refractivity contribution in [1.82, 2.24) is 10.2 Å². The molecule has 0 unspecified atom stereocenters. The molecule has 24 heavy (non-hydrogen) atoms. The van der Waals surface area contributed by atoms with Gasteiger partial charge in [-0.05, 0) is 38.5 Å². The number of anilines is 1. The van der Waals surface area contributed by atoms with Crippen molar-refractivity contribution >= 4 is 11.5 Å². The van der Waals surface area contributed by atoms with Crippen LogP contribution < -0.4 is 4.90 Å². The fourth-order valence-corrected chi connectivity index (χ4v) is 4.02. The van der Waals surface area contributed by atoms with Gasteiger partial charge in [0.25, 0.3) is 0 Å². The molecular weight excluding hydrogens is 302 g/mol. The Morgan fingerprint density at radius 3 is 2.50 bits per heavy atom. The Labute approximate surface area is 142 Å². The molecule has 0 radical (unpaired) electrons. The van der Waals surface area contributed by atoms with Gasteiger partial charge < -0.3 is 10.0 Å². The topological polar surface area (TPSA) is 69.2 Å². The molecule has 5 heteroatoms. The summed E-state index contributed by atoms with van der Waals surface area (Å²) in [6.07, 6.45) is 0.392. The van der Waals surface area contributed by atoms with Gasteiger partial charge in [-0.25, -0.2) is 0 Å². The number of nitrogens with one attached hydrogen (secondary N) is 1. The molecule has 0 fully saturated rings. The lowest BCUT2D eigenvalue weighted by Gasteiger charge is -2.41. The van der Waals surface area contributed by atoms with Crippen molar-refractivity contribution in [3.8, 4) is 0 Å². The molecule has 0 spiro atoms. The predicted octanol–water partition coefficient (Wildman–Crippen LogP) is 2.43. The van der Waals surface area contributed by atoms with E-state index in [1.165, 1.54) is 0 Å². The number of H-pyrrole nitrogens is 1. The number of benzene rings is 1. The first-order valence-corrected chi connectivity index (χ1v) is 8.26. The van der Waals surface area contributed by atoms with Crippen LogP contribution in [0, 0.1) is 12.8 Å². The van der Waals surface area contributed by atoms with Crippen LogP contribution in [0.2, 0.25) is 0 Å². The van der Waals surface area contributed by atoms with Crippen LogP contribution in [0.25, 0.3) is 0 Å². The molecule has 0 saturated carbocycles. The number of ketones is 1. The molecule has 5 nitrogen and oxygen atoms in total. The first-order chi connectivity index (χ1) is 11.2. The van der Waals surface area contributed by atoms with Gasteiger partial charge in [0.2, 0.25) is 0 Å². The van der Waals surface area contributed by atoms with E-state index in [1.54, 1.807) is 13.8 Å². The average molecular weight is 327 g/mol. The Kier molecular flexibility index (Phi) is 4.00. The third-order valence-electron chi connectivity index (χ3n) is 5.12. The smallest absolute Gasteiger partial charge is 0.136 e. The van der Waals surface area contributed by atoms with Crippen molar-refractivity contribution < 1.29 is 9.90 Å². The highest BCUT2D eigenvalue weighted by Gasteiger charge is 2.48. The maximum Gasteiger partial charge on any atom is 0.136 e. The number of aryl methyl sites for hydroxylation is 1. The van der Waals surface area contributed by atoms with Gasteiger partial charge >= 0.3 is 0 Å². The lowest BCUT2D eigenvalue weighted by molar-refractivity contribution is -0.130.